The summed E-state index contributed by atoms with van der Waals surface area (Å²) in [6.07, 6.45) is 4.33. The molecule has 1 saturated carbocycles. The van der Waals surface area contributed by atoms with Crippen molar-refractivity contribution in [2.75, 3.05) is 7.11 Å². The Morgan fingerprint density at radius 2 is 2.00 bits per heavy atom. The highest BCUT2D eigenvalue weighted by atomic mass is 19.1. The van der Waals surface area contributed by atoms with Crippen molar-refractivity contribution in [1.82, 2.24) is 4.98 Å². The molecule has 1 aromatic heterocycles. The van der Waals surface area contributed by atoms with Gasteiger partial charge in [-0.2, -0.15) is 0 Å². The van der Waals surface area contributed by atoms with Gasteiger partial charge in [-0.3, -0.25) is 0 Å². The summed E-state index contributed by atoms with van der Waals surface area (Å²) in [5.41, 5.74) is 6.40. The van der Waals surface area contributed by atoms with Crippen molar-refractivity contribution in [2.24, 2.45) is 17.6 Å². The van der Waals surface area contributed by atoms with E-state index in [-0.39, 0.29) is 5.88 Å². The molecular formula is C14H21FN2O. The molecular weight excluding hydrogens is 231 g/mol. The summed E-state index contributed by atoms with van der Waals surface area (Å²) in [6, 6.07) is 1.68. The van der Waals surface area contributed by atoms with Crippen molar-refractivity contribution in [3.05, 3.63) is 23.6 Å². The normalized spacial score (nSPS) is 32.3. The molecule has 1 fully saturated rings. The van der Waals surface area contributed by atoms with Gasteiger partial charge in [-0.15, -0.1) is 0 Å². The Labute approximate surface area is 108 Å². The van der Waals surface area contributed by atoms with Crippen LogP contribution < -0.4 is 10.5 Å². The predicted octanol–water partition coefficient (Wildman–Crippen LogP) is 2.84. The molecule has 1 aromatic rings. The molecule has 0 aliphatic heterocycles. The second-order valence-electron chi connectivity index (χ2n) is 5.69. The van der Waals surface area contributed by atoms with Crippen LogP contribution in [0, 0.1) is 17.7 Å². The Morgan fingerprint density at radius 3 is 2.56 bits per heavy atom. The van der Waals surface area contributed by atoms with Gasteiger partial charge in [0.15, 0.2) is 5.82 Å². The molecule has 2 rings (SSSR count). The van der Waals surface area contributed by atoms with Crippen LogP contribution in [0.25, 0.3) is 0 Å². The molecule has 0 radical (unpaired) electrons. The number of pyridine rings is 1. The number of aromatic nitrogens is 1. The molecule has 2 N–H and O–H groups in total. The minimum Gasteiger partial charge on any atom is -0.479 e. The molecule has 0 amide bonds. The third-order valence-corrected chi connectivity index (χ3v) is 3.82. The van der Waals surface area contributed by atoms with Crippen LogP contribution in [-0.4, -0.2) is 12.1 Å². The average Bonchev–Trinajstić information content (AvgIpc) is 2.27. The second-order valence-corrected chi connectivity index (χ2v) is 5.69. The highest BCUT2D eigenvalue weighted by molar-refractivity contribution is 5.30. The summed E-state index contributed by atoms with van der Waals surface area (Å²) in [5.74, 6) is 0.640. The van der Waals surface area contributed by atoms with Gasteiger partial charge in [-0.1, -0.05) is 13.8 Å². The highest BCUT2D eigenvalue weighted by Gasteiger charge is 2.38. The van der Waals surface area contributed by atoms with E-state index in [1.165, 1.54) is 7.11 Å². The minimum absolute atomic E-state index is 0.0307. The van der Waals surface area contributed by atoms with Crippen LogP contribution >= 0.6 is 0 Å². The van der Waals surface area contributed by atoms with Gasteiger partial charge >= 0.3 is 0 Å². The first kappa shape index (κ1) is 13.3. The number of halogens is 1. The largest absolute Gasteiger partial charge is 0.479 e. The van der Waals surface area contributed by atoms with E-state index in [0.717, 1.165) is 19.3 Å². The smallest absolute Gasteiger partial charge is 0.250 e. The molecule has 0 aromatic carbocycles. The fourth-order valence-corrected chi connectivity index (χ4v) is 3.35. The summed E-state index contributed by atoms with van der Waals surface area (Å²) in [7, 11) is 1.42. The Hall–Kier alpha value is -1.16. The Balaban J connectivity index is 2.40. The first-order chi connectivity index (χ1) is 8.46. The number of methoxy groups -OCH3 is 1. The summed E-state index contributed by atoms with van der Waals surface area (Å²) < 4.78 is 19.2. The molecule has 100 valence electrons. The third-order valence-electron chi connectivity index (χ3n) is 3.82. The molecule has 1 aliphatic carbocycles. The fraction of sp³-hybridized carbons (Fsp3) is 0.643. The zero-order valence-electron chi connectivity index (χ0n) is 11.2. The SMILES string of the molecule is COc1nccc(C2(N)CC(C)CC(C)C2)c1F. The van der Waals surface area contributed by atoms with E-state index < -0.39 is 11.4 Å². The molecule has 2 unspecified atom stereocenters. The zero-order chi connectivity index (χ0) is 13.3. The molecule has 3 nitrogen and oxygen atoms in total. The molecule has 1 aliphatic rings. The predicted molar refractivity (Wildman–Crippen MR) is 68.8 cm³/mol. The van der Waals surface area contributed by atoms with Crippen LogP contribution in [0.2, 0.25) is 0 Å². The van der Waals surface area contributed by atoms with Crippen LogP contribution in [0.15, 0.2) is 12.3 Å². The standard InChI is InChI=1S/C14H21FN2O/c1-9-6-10(2)8-14(16,7-9)11-4-5-17-13(18-3)12(11)15/h4-5,9-10H,6-8,16H2,1-3H3. The van der Waals surface area contributed by atoms with Crippen molar-refractivity contribution in [3.63, 3.8) is 0 Å². The Bertz CT molecular complexity index is 426. The maximum absolute atomic E-state index is 14.3. The van der Waals surface area contributed by atoms with Gasteiger partial charge < -0.3 is 10.5 Å². The van der Waals surface area contributed by atoms with E-state index in [0.29, 0.717) is 17.4 Å². The first-order valence-corrected chi connectivity index (χ1v) is 6.44. The van der Waals surface area contributed by atoms with E-state index in [2.05, 4.69) is 18.8 Å². The van der Waals surface area contributed by atoms with Gasteiger partial charge in [0, 0.05) is 17.3 Å². The van der Waals surface area contributed by atoms with E-state index in [1.807, 2.05) is 0 Å². The van der Waals surface area contributed by atoms with Crippen molar-refractivity contribution in [2.45, 2.75) is 38.6 Å². The fourth-order valence-electron chi connectivity index (χ4n) is 3.35. The number of nitrogens with two attached hydrogens (primary N) is 1. The van der Waals surface area contributed by atoms with Crippen LogP contribution in [0.4, 0.5) is 4.39 Å². The lowest BCUT2D eigenvalue weighted by Gasteiger charge is -2.40. The van der Waals surface area contributed by atoms with E-state index in [9.17, 15) is 4.39 Å². The molecule has 4 heteroatoms. The van der Waals surface area contributed by atoms with Gasteiger partial charge in [0.1, 0.15) is 0 Å². The third kappa shape index (κ3) is 2.34. The maximum Gasteiger partial charge on any atom is 0.250 e. The summed E-state index contributed by atoms with van der Waals surface area (Å²) >= 11 is 0. The Morgan fingerprint density at radius 1 is 1.39 bits per heavy atom. The second kappa shape index (κ2) is 4.84. The zero-order valence-corrected chi connectivity index (χ0v) is 11.2. The molecule has 0 saturated heterocycles. The summed E-state index contributed by atoms with van der Waals surface area (Å²) in [4.78, 5) is 3.87. The van der Waals surface area contributed by atoms with Crippen molar-refractivity contribution < 1.29 is 9.13 Å². The van der Waals surface area contributed by atoms with E-state index in [1.54, 1.807) is 12.3 Å². The van der Waals surface area contributed by atoms with Crippen LogP contribution in [0.3, 0.4) is 0 Å². The number of hydrogen-bond acceptors (Lipinski definition) is 3. The van der Waals surface area contributed by atoms with E-state index >= 15 is 0 Å². The Kier molecular flexibility index (Phi) is 3.57. The molecule has 2 atom stereocenters. The number of ether oxygens (including phenoxy) is 1. The lowest BCUT2D eigenvalue weighted by molar-refractivity contribution is 0.178. The van der Waals surface area contributed by atoms with Gasteiger partial charge in [0.25, 0.3) is 0 Å². The number of rotatable bonds is 2. The van der Waals surface area contributed by atoms with E-state index in [4.69, 9.17) is 10.5 Å². The quantitative estimate of drug-likeness (QED) is 0.880. The molecule has 0 bridgehead atoms. The van der Waals surface area contributed by atoms with Crippen molar-refractivity contribution in [1.29, 1.82) is 0 Å². The van der Waals surface area contributed by atoms with Gasteiger partial charge in [0.05, 0.1) is 7.11 Å². The highest BCUT2D eigenvalue weighted by Crippen LogP contribution is 2.42. The monoisotopic (exact) mass is 252 g/mol. The topological polar surface area (TPSA) is 48.1 Å². The minimum atomic E-state index is -0.600. The molecule has 18 heavy (non-hydrogen) atoms. The first-order valence-electron chi connectivity index (χ1n) is 6.44. The summed E-state index contributed by atoms with van der Waals surface area (Å²) in [6.45, 7) is 4.35. The summed E-state index contributed by atoms with van der Waals surface area (Å²) in [5, 5.41) is 0. The van der Waals surface area contributed by atoms with Crippen LogP contribution in [0.1, 0.15) is 38.7 Å². The number of nitrogens with zero attached hydrogens (tertiary/aromatic N) is 1. The lowest BCUT2D eigenvalue weighted by Crippen LogP contribution is -2.44. The lowest BCUT2D eigenvalue weighted by atomic mass is 9.69. The van der Waals surface area contributed by atoms with Crippen molar-refractivity contribution in [3.8, 4) is 5.88 Å². The van der Waals surface area contributed by atoms with Crippen LogP contribution in [0.5, 0.6) is 5.88 Å². The average molecular weight is 252 g/mol. The maximum atomic E-state index is 14.3. The molecule has 1 heterocycles. The van der Waals surface area contributed by atoms with Crippen molar-refractivity contribution >= 4 is 0 Å². The molecule has 0 spiro atoms. The van der Waals surface area contributed by atoms with Crippen LogP contribution in [-0.2, 0) is 5.54 Å². The van der Waals surface area contributed by atoms with Gasteiger partial charge in [0.2, 0.25) is 5.88 Å². The number of hydrogen-bond donors (Lipinski definition) is 1. The van der Waals surface area contributed by atoms with Gasteiger partial charge in [-0.25, -0.2) is 9.37 Å². The van der Waals surface area contributed by atoms with Gasteiger partial charge in [-0.05, 0) is 37.2 Å².